The quantitative estimate of drug-likeness (QED) is 0.575. The minimum Gasteiger partial charge on any atom is -0.207 e. The fourth-order valence-electron chi connectivity index (χ4n) is 2.73. The molecule has 3 aromatic carbocycles. The Morgan fingerprint density at radius 3 is 2.04 bits per heavy atom. The van der Waals surface area contributed by atoms with Crippen molar-refractivity contribution in [2.45, 2.75) is 28.0 Å². The molecule has 0 aliphatic carbocycles. The summed E-state index contributed by atoms with van der Waals surface area (Å²) in [5, 5.41) is 9.18. The molecule has 2 atom stereocenters. The van der Waals surface area contributed by atoms with E-state index in [2.05, 4.69) is 10.8 Å². The Morgan fingerprint density at radius 1 is 0.893 bits per heavy atom. The molecule has 3 aromatic rings. The van der Waals surface area contributed by atoms with E-state index in [4.69, 9.17) is 0 Å². The maximum atomic E-state index is 13.0. The molecule has 0 aliphatic heterocycles. The van der Waals surface area contributed by atoms with Crippen LogP contribution in [0.4, 0.5) is 0 Å². The molecule has 0 aromatic heterocycles. The SMILES string of the molecule is Cc1ccc(S(=O)(=O)N[C@H](c2ccccc2)[C@@H](C#N)Sc2ccccc2)cc1. The van der Waals surface area contributed by atoms with Crippen LogP contribution in [-0.2, 0) is 10.0 Å². The lowest BCUT2D eigenvalue weighted by Crippen LogP contribution is -2.34. The van der Waals surface area contributed by atoms with Crippen LogP contribution in [0.25, 0.3) is 0 Å². The molecule has 0 spiro atoms. The predicted octanol–water partition coefficient (Wildman–Crippen LogP) is 4.70. The monoisotopic (exact) mass is 408 g/mol. The van der Waals surface area contributed by atoms with Crippen LogP contribution in [0, 0.1) is 18.3 Å². The van der Waals surface area contributed by atoms with E-state index in [-0.39, 0.29) is 4.90 Å². The van der Waals surface area contributed by atoms with Crippen molar-refractivity contribution < 1.29 is 8.42 Å². The van der Waals surface area contributed by atoms with Crippen LogP contribution >= 0.6 is 11.8 Å². The minimum atomic E-state index is -3.79. The molecular weight excluding hydrogens is 388 g/mol. The Labute approximate surface area is 170 Å². The van der Waals surface area contributed by atoms with Gasteiger partial charge >= 0.3 is 0 Å². The molecule has 0 saturated carbocycles. The predicted molar refractivity (Wildman–Crippen MR) is 112 cm³/mol. The molecule has 0 bridgehead atoms. The van der Waals surface area contributed by atoms with Crippen molar-refractivity contribution in [1.82, 2.24) is 4.72 Å². The van der Waals surface area contributed by atoms with Gasteiger partial charge in [0.15, 0.2) is 0 Å². The summed E-state index contributed by atoms with van der Waals surface area (Å²) in [4.78, 5) is 1.09. The van der Waals surface area contributed by atoms with E-state index in [1.165, 1.54) is 11.8 Å². The normalized spacial score (nSPS) is 13.4. The summed E-state index contributed by atoms with van der Waals surface area (Å²) >= 11 is 1.34. The van der Waals surface area contributed by atoms with Gasteiger partial charge in [-0.2, -0.15) is 5.26 Å². The number of rotatable bonds is 7. The maximum Gasteiger partial charge on any atom is 0.241 e. The number of aryl methyl sites for hydroxylation is 1. The lowest BCUT2D eigenvalue weighted by Gasteiger charge is -2.23. The lowest BCUT2D eigenvalue weighted by molar-refractivity contribution is 0.561. The largest absolute Gasteiger partial charge is 0.241 e. The van der Waals surface area contributed by atoms with Crippen LogP contribution in [-0.4, -0.2) is 13.7 Å². The van der Waals surface area contributed by atoms with Crippen LogP contribution in [0.15, 0.2) is 94.7 Å². The molecule has 0 fully saturated rings. The second kappa shape index (κ2) is 9.07. The zero-order valence-electron chi connectivity index (χ0n) is 15.3. The topological polar surface area (TPSA) is 70.0 Å². The standard InChI is InChI=1S/C22H20N2O2S2/c1-17-12-14-20(15-13-17)28(25,26)24-22(18-8-4-2-5-9-18)21(16-23)27-19-10-6-3-7-11-19/h2-15,21-22,24H,1H3/t21-,22-/m1/s1. The van der Waals surface area contributed by atoms with Gasteiger partial charge in [-0.1, -0.05) is 66.2 Å². The summed E-state index contributed by atoms with van der Waals surface area (Å²) in [6.45, 7) is 1.90. The molecule has 28 heavy (non-hydrogen) atoms. The molecule has 6 heteroatoms. The van der Waals surface area contributed by atoms with Gasteiger partial charge in [-0.15, -0.1) is 11.8 Å². The molecule has 1 N–H and O–H groups in total. The summed E-state index contributed by atoms with van der Waals surface area (Å²) in [5.74, 6) is 0. The van der Waals surface area contributed by atoms with Gasteiger partial charge in [0.2, 0.25) is 10.0 Å². The number of nitrogens with one attached hydrogen (secondary N) is 1. The number of benzene rings is 3. The van der Waals surface area contributed by atoms with Gasteiger partial charge in [0.05, 0.1) is 17.0 Å². The first kappa shape index (κ1) is 20.2. The third-order valence-electron chi connectivity index (χ3n) is 4.21. The molecule has 4 nitrogen and oxygen atoms in total. The lowest BCUT2D eigenvalue weighted by atomic mass is 10.1. The summed E-state index contributed by atoms with van der Waals surface area (Å²) in [7, 11) is -3.79. The van der Waals surface area contributed by atoms with Crippen molar-refractivity contribution in [1.29, 1.82) is 5.26 Å². The average Bonchev–Trinajstić information content (AvgIpc) is 2.72. The van der Waals surface area contributed by atoms with Crippen molar-refractivity contribution in [2.75, 3.05) is 0 Å². The van der Waals surface area contributed by atoms with E-state index >= 15 is 0 Å². The summed E-state index contributed by atoms with van der Waals surface area (Å²) in [6.07, 6.45) is 0. The molecule has 142 valence electrons. The Morgan fingerprint density at radius 2 is 1.46 bits per heavy atom. The van der Waals surface area contributed by atoms with Gasteiger partial charge in [-0.3, -0.25) is 0 Å². The number of sulfonamides is 1. The third kappa shape index (κ3) is 5.02. The van der Waals surface area contributed by atoms with Crippen molar-refractivity contribution in [3.8, 4) is 6.07 Å². The number of hydrogen-bond donors (Lipinski definition) is 1. The van der Waals surface area contributed by atoms with Crippen LogP contribution < -0.4 is 4.72 Å². The van der Waals surface area contributed by atoms with Crippen molar-refractivity contribution in [2.24, 2.45) is 0 Å². The van der Waals surface area contributed by atoms with Crippen molar-refractivity contribution >= 4 is 21.8 Å². The van der Waals surface area contributed by atoms with E-state index in [1.807, 2.05) is 67.6 Å². The average molecular weight is 409 g/mol. The summed E-state index contributed by atoms with van der Waals surface area (Å²) in [6, 6.07) is 26.9. The summed E-state index contributed by atoms with van der Waals surface area (Å²) < 4.78 is 28.7. The van der Waals surface area contributed by atoms with Gasteiger partial charge in [0, 0.05) is 4.90 Å². The van der Waals surface area contributed by atoms with Gasteiger partial charge in [0.1, 0.15) is 5.25 Å². The summed E-state index contributed by atoms with van der Waals surface area (Å²) in [5.41, 5.74) is 1.72. The maximum absolute atomic E-state index is 13.0. The smallest absolute Gasteiger partial charge is 0.207 e. The Bertz CT molecular complexity index is 1050. The highest BCUT2D eigenvalue weighted by Gasteiger charge is 2.29. The second-order valence-electron chi connectivity index (χ2n) is 6.30. The van der Waals surface area contributed by atoms with Crippen molar-refractivity contribution in [3.63, 3.8) is 0 Å². The van der Waals surface area contributed by atoms with Crippen LogP contribution in [0.2, 0.25) is 0 Å². The van der Waals surface area contributed by atoms with Crippen molar-refractivity contribution in [3.05, 3.63) is 96.1 Å². The molecule has 0 unspecified atom stereocenters. The Hall–Kier alpha value is -2.59. The first-order valence-electron chi connectivity index (χ1n) is 8.75. The molecule has 3 rings (SSSR count). The van der Waals surface area contributed by atoms with Crippen LogP contribution in [0.5, 0.6) is 0 Å². The van der Waals surface area contributed by atoms with E-state index < -0.39 is 21.3 Å². The van der Waals surface area contributed by atoms with Gasteiger partial charge < -0.3 is 0 Å². The van der Waals surface area contributed by atoms with Gasteiger partial charge in [-0.25, -0.2) is 13.1 Å². The van der Waals surface area contributed by atoms with Gasteiger partial charge in [0.25, 0.3) is 0 Å². The molecular formula is C22H20N2O2S2. The zero-order valence-corrected chi connectivity index (χ0v) is 17.0. The van der Waals surface area contributed by atoms with E-state index in [1.54, 1.807) is 24.3 Å². The third-order valence-corrected chi connectivity index (χ3v) is 6.84. The molecule has 0 radical (unpaired) electrons. The zero-order chi connectivity index (χ0) is 20.0. The molecule has 0 aliphatic rings. The minimum absolute atomic E-state index is 0.181. The number of nitrogens with zero attached hydrogens (tertiary/aromatic N) is 1. The molecule has 0 amide bonds. The highest BCUT2D eigenvalue weighted by Crippen LogP contribution is 2.33. The number of nitriles is 1. The highest BCUT2D eigenvalue weighted by atomic mass is 32.2. The molecule has 0 saturated heterocycles. The first-order chi connectivity index (χ1) is 13.5. The Kier molecular flexibility index (Phi) is 6.53. The van der Waals surface area contributed by atoms with Crippen LogP contribution in [0.1, 0.15) is 17.2 Å². The highest BCUT2D eigenvalue weighted by molar-refractivity contribution is 8.00. The number of thioether (sulfide) groups is 1. The number of hydrogen-bond acceptors (Lipinski definition) is 4. The molecule has 0 heterocycles. The fraction of sp³-hybridized carbons (Fsp3) is 0.136. The Balaban J connectivity index is 1.95. The van der Waals surface area contributed by atoms with E-state index in [0.717, 1.165) is 16.0 Å². The second-order valence-corrected chi connectivity index (χ2v) is 9.23. The van der Waals surface area contributed by atoms with Crippen LogP contribution in [0.3, 0.4) is 0 Å². The van der Waals surface area contributed by atoms with Gasteiger partial charge in [-0.05, 0) is 36.8 Å². The van der Waals surface area contributed by atoms with E-state index in [0.29, 0.717) is 0 Å². The first-order valence-corrected chi connectivity index (χ1v) is 11.1. The fourth-order valence-corrected chi connectivity index (χ4v) is 5.08. The van der Waals surface area contributed by atoms with E-state index in [9.17, 15) is 13.7 Å².